The molecule has 10 heavy (non-hydrogen) atoms. The molecule has 0 aliphatic carbocycles. The van der Waals surface area contributed by atoms with Crippen molar-refractivity contribution in [3.05, 3.63) is 33.2 Å². The smallest absolute Gasteiger partial charge is 0.181 e. The molecule has 1 N–H and O–H groups in total. The fourth-order valence-electron chi connectivity index (χ4n) is 0.522. The summed E-state index contributed by atoms with van der Waals surface area (Å²) in [6.07, 6.45) is 1.50. The molecule has 2 nitrogen and oxygen atoms in total. The van der Waals surface area contributed by atoms with E-state index in [9.17, 15) is 4.79 Å². The van der Waals surface area contributed by atoms with E-state index < -0.39 is 0 Å². The topological polar surface area (TPSA) is 32.9 Å². The van der Waals surface area contributed by atoms with Crippen molar-refractivity contribution in [2.45, 2.75) is 4.90 Å². The van der Waals surface area contributed by atoms with Gasteiger partial charge in [-0.25, -0.2) is 0 Å². The lowest BCUT2D eigenvalue weighted by atomic mass is 10.5. The summed E-state index contributed by atoms with van der Waals surface area (Å²) >= 11 is 8.79. The van der Waals surface area contributed by atoms with Crippen LogP contribution in [0, 0.1) is 4.64 Å². The molecule has 0 aliphatic heterocycles. The zero-order valence-corrected chi connectivity index (χ0v) is 6.71. The van der Waals surface area contributed by atoms with Crippen LogP contribution in [-0.2, 0) is 0 Å². The van der Waals surface area contributed by atoms with E-state index in [2.05, 4.69) is 17.6 Å². The lowest BCUT2D eigenvalue weighted by Crippen LogP contribution is -1.88. The van der Waals surface area contributed by atoms with Crippen LogP contribution in [-0.4, -0.2) is 4.98 Å². The molecule has 0 fully saturated rings. The van der Waals surface area contributed by atoms with E-state index in [4.69, 9.17) is 12.2 Å². The van der Waals surface area contributed by atoms with E-state index in [0.717, 1.165) is 0 Å². The first kappa shape index (κ1) is 7.50. The summed E-state index contributed by atoms with van der Waals surface area (Å²) in [4.78, 5) is 13.9. The van der Waals surface area contributed by atoms with Crippen LogP contribution in [0.5, 0.6) is 0 Å². The van der Waals surface area contributed by atoms with E-state index in [0.29, 0.717) is 9.54 Å². The molecule has 4 heteroatoms. The molecule has 0 saturated carbocycles. The van der Waals surface area contributed by atoms with Crippen molar-refractivity contribution in [1.29, 1.82) is 0 Å². The van der Waals surface area contributed by atoms with Gasteiger partial charge < -0.3 is 4.98 Å². The van der Waals surface area contributed by atoms with E-state index >= 15 is 0 Å². The Morgan fingerprint density at radius 3 is 3.00 bits per heavy atom. The molecule has 0 bridgehead atoms. The minimum Gasteiger partial charge on any atom is -0.352 e. The van der Waals surface area contributed by atoms with Gasteiger partial charge >= 0.3 is 0 Å². The summed E-state index contributed by atoms with van der Waals surface area (Å²) in [6.45, 7) is 0. The Morgan fingerprint density at radius 1 is 1.60 bits per heavy atom. The van der Waals surface area contributed by atoms with Crippen molar-refractivity contribution < 1.29 is 0 Å². The van der Waals surface area contributed by atoms with E-state index in [1.165, 1.54) is 18.3 Å². The molecule has 0 atom stereocenters. The summed E-state index contributed by atoms with van der Waals surface area (Å²) in [5.41, 5.74) is -0.0997. The maximum Gasteiger partial charge on any atom is 0.181 e. The maximum atomic E-state index is 10.7. The van der Waals surface area contributed by atoms with Crippen molar-refractivity contribution in [2.75, 3.05) is 0 Å². The quantitative estimate of drug-likeness (QED) is 0.457. The fraction of sp³-hybridized carbons (Fsp3) is 0. The minimum atomic E-state index is -0.0997. The highest BCUT2D eigenvalue weighted by Crippen LogP contribution is 1.99. The third-order valence-electron chi connectivity index (χ3n) is 0.974. The zero-order valence-electron chi connectivity index (χ0n) is 5.00. The highest BCUT2D eigenvalue weighted by atomic mass is 32.1. The Kier molecular flexibility index (Phi) is 2.24. The van der Waals surface area contributed by atoms with Crippen LogP contribution in [0.25, 0.3) is 0 Å². The predicted molar refractivity (Wildman–Crippen MR) is 45.1 cm³/mol. The van der Waals surface area contributed by atoms with Crippen LogP contribution in [0.4, 0.5) is 0 Å². The average Bonchev–Trinajstić information content (AvgIpc) is 1.96. The van der Waals surface area contributed by atoms with Gasteiger partial charge in [-0.3, -0.25) is 4.79 Å². The number of nitrogens with one attached hydrogen (secondary N) is 1. The van der Waals surface area contributed by atoms with Crippen LogP contribution >= 0.6 is 24.8 Å². The molecule has 0 spiro atoms. The van der Waals surface area contributed by atoms with Crippen LogP contribution < -0.4 is 5.43 Å². The van der Waals surface area contributed by atoms with Gasteiger partial charge in [0.15, 0.2) is 5.43 Å². The summed E-state index contributed by atoms with van der Waals surface area (Å²) in [7, 11) is 0. The highest BCUT2D eigenvalue weighted by Gasteiger charge is 1.85. The molecule has 1 aromatic rings. The molecule has 0 aliphatic rings. The van der Waals surface area contributed by atoms with Crippen LogP contribution in [0.2, 0.25) is 0 Å². The lowest BCUT2D eigenvalue weighted by Gasteiger charge is -1.77. The van der Waals surface area contributed by atoms with Crippen molar-refractivity contribution >= 4 is 24.8 Å². The Balaban J connectivity index is 3.61. The first-order chi connectivity index (χ1) is 4.70. The van der Waals surface area contributed by atoms with Crippen LogP contribution in [0.1, 0.15) is 0 Å². The fourth-order valence-corrected chi connectivity index (χ4v) is 0.841. The van der Waals surface area contributed by atoms with Crippen molar-refractivity contribution in [1.82, 2.24) is 4.98 Å². The number of H-pyrrole nitrogens is 1. The van der Waals surface area contributed by atoms with Crippen molar-refractivity contribution in [3.8, 4) is 0 Å². The largest absolute Gasteiger partial charge is 0.352 e. The van der Waals surface area contributed by atoms with Crippen LogP contribution in [0.3, 0.4) is 0 Å². The lowest BCUT2D eigenvalue weighted by molar-refractivity contribution is 1.26. The van der Waals surface area contributed by atoms with Gasteiger partial charge in [0, 0.05) is 23.2 Å². The van der Waals surface area contributed by atoms with Gasteiger partial charge in [-0.05, 0) is 0 Å². The van der Waals surface area contributed by atoms with Gasteiger partial charge in [-0.1, -0.05) is 12.2 Å². The molecule has 0 radical (unpaired) electrons. The van der Waals surface area contributed by atoms with Crippen molar-refractivity contribution in [3.63, 3.8) is 0 Å². The summed E-state index contributed by atoms with van der Waals surface area (Å²) in [5, 5.41) is 0. The second kappa shape index (κ2) is 2.98. The Labute approximate surface area is 68.3 Å². The van der Waals surface area contributed by atoms with Gasteiger partial charge in [0.1, 0.15) is 4.64 Å². The molecule has 0 amide bonds. The molecule has 1 heterocycles. The molecule has 1 rings (SSSR count). The Morgan fingerprint density at radius 2 is 2.30 bits per heavy atom. The normalized spacial score (nSPS) is 9.30. The average molecular weight is 171 g/mol. The molecular weight excluding hydrogens is 166 g/mol. The van der Waals surface area contributed by atoms with Gasteiger partial charge in [0.05, 0.1) is 0 Å². The Hall–Kier alpha value is -0.610. The summed E-state index contributed by atoms with van der Waals surface area (Å²) in [5.74, 6) is 0. The van der Waals surface area contributed by atoms with Gasteiger partial charge in [0.2, 0.25) is 0 Å². The first-order valence-electron chi connectivity index (χ1n) is 2.62. The molecule has 0 unspecified atom stereocenters. The monoisotopic (exact) mass is 171 g/mol. The number of rotatable bonds is 0. The second-order valence-corrected chi connectivity index (χ2v) is 2.63. The first-order valence-corrected chi connectivity index (χ1v) is 3.48. The Bertz CT molecular complexity index is 344. The molecule has 0 aromatic carbocycles. The molecular formula is C6H5NOS2. The number of aromatic nitrogens is 1. The third-order valence-corrected chi connectivity index (χ3v) is 1.82. The van der Waals surface area contributed by atoms with E-state index in [1.54, 1.807) is 0 Å². The highest BCUT2D eigenvalue weighted by molar-refractivity contribution is 7.81. The third kappa shape index (κ3) is 1.68. The van der Waals surface area contributed by atoms with Gasteiger partial charge in [-0.15, -0.1) is 12.6 Å². The predicted octanol–water partition coefficient (Wildman–Crippen LogP) is 1.39. The summed E-state index contributed by atoms with van der Waals surface area (Å²) < 4.78 is 0.477. The molecule has 0 saturated heterocycles. The summed E-state index contributed by atoms with van der Waals surface area (Å²) in [6, 6.07) is 2.78. The minimum absolute atomic E-state index is 0.0997. The van der Waals surface area contributed by atoms with E-state index in [1.807, 2.05) is 0 Å². The van der Waals surface area contributed by atoms with Gasteiger partial charge in [0.25, 0.3) is 0 Å². The molecule has 52 valence electrons. The zero-order chi connectivity index (χ0) is 7.56. The number of hydrogen-bond acceptors (Lipinski definition) is 3. The van der Waals surface area contributed by atoms with Crippen LogP contribution in [0.15, 0.2) is 28.0 Å². The number of thiol groups is 1. The number of hydrogen-bond donors (Lipinski definition) is 2. The van der Waals surface area contributed by atoms with Crippen molar-refractivity contribution in [2.24, 2.45) is 0 Å². The van der Waals surface area contributed by atoms with E-state index in [-0.39, 0.29) is 5.43 Å². The molecule has 1 aromatic heterocycles. The maximum absolute atomic E-state index is 10.7. The van der Waals surface area contributed by atoms with Gasteiger partial charge in [-0.2, -0.15) is 0 Å². The second-order valence-electron chi connectivity index (χ2n) is 1.74. The number of aromatic amines is 1. The standard InChI is InChI=1S/C6H5NOS2/c8-4-1-2-7-6(10)5(9)3-4/h1-3,9H,(H,7,10). The SMILES string of the molecule is O=c1cc[nH]c(=S)c(S)c1.